The first kappa shape index (κ1) is 17.0. The van der Waals surface area contributed by atoms with E-state index in [1.165, 1.54) is 4.68 Å². The minimum Gasteiger partial charge on any atom is -0.310 e. The van der Waals surface area contributed by atoms with Crippen molar-refractivity contribution in [2.24, 2.45) is 0 Å². The highest BCUT2D eigenvalue weighted by atomic mass is 16.2. The van der Waals surface area contributed by atoms with Crippen molar-refractivity contribution in [1.82, 2.24) is 19.3 Å². The zero-order valence-electron chi connectivity index (χ0n) is 14.9. The molecule has 0 unspecified atom stereocenters. The second kappa shape index (κ2) is 7.03. The van der Waals surface area contributed by atoms with Crippen molar-refractivity contribution in [3.63, 3.8) is 0 Å². The molecule has 0 aliphatic carbocycles. The molecule has 1 N–H and O–H groups in total. The highest BCUT2D eigenvalue weighted by molar-refractivity contribution is 5.91. The molecule has 4 aromatic rings. The van der Waals surface area contributed by atoms with Gasteiger partial charge in [0.05, 0.1) is 22.6 Å². The van der Waals surface area contributed by atoms with Gasteiger partial charge in [0, 0.05) is 11.9 Å². The van der Waals surface area contributed by atoms with Gasteiger partial charge >= 0.3 is 0 Å². The maximum Gasteiger partial charge on any atom is 0.275 e. The van der Waals surface area contributed by atoms with Gasteiger partial charge in [0.2, 0.25) is 11.9 Å². The molecule has 0 radical (unpaired) electrons. The molecule has 0 saturated carbocycles. The molecule has 7 nitrogen and oxygen atoms in total. The Morgan fingerprint density at radius 3 is 2.74 bits per heavy atom. The van der Waals surface area contributed by atoms with Crippen molar-refractivity contribution in [2.45, 2.75) is 26.4 Å². The lowest BCUT2D eigenvalue weighted by atomic mass is 10.2. The highest BCUT2D eigenvalue weighted by Gasteiger charge is 2.14. The van der Waals surface area contributed by atoms with Gasteiger partial charge in [0.1, 0.15) is 6.54 Å². The summed E-state index contributed by atoms with van der Waals surface area (Å²) in [6.07, 6.45) is 2.51. The number of para-hydroxylation sites is 2. The molecule has 0 saturated heterocycles. The molecule has 7 heteroatoms. The first-order valence-corrected chi connectivity index (χ1v) is 8.87. The van der Waals surface area contributed by atoms with Crippen LogP contribution in [0.4, 0.5) is 5.95 Å². The van der Waals surface area contributed by atoms with Crippen LogP contribution in [-0.4, -0.2) is 25.2 Å². The van der Waals surface area contributed by atoms with Gasteiger partial charge in [-0.15, -0.1) is 0 Å². The Morgan fingerprint density at radius 1 is 1.11 bits per heavy atom. The van der Waals surface area contributed by atoms with Crippen LogP contribution in [0.2, 0.25) is 0 Å². The molecule has 2 aromatic carbocycles. The van der Waals surface area contributed by atoms with E-state index >= 15 is 0 Å². The van der Waals surface area contributed by atoms with E-state index in [0.29, 0.717) is 11.3 Å². The summed E-state index contributed by atoms with van der Waals surface area (Å²) >= 11 is 0. The standard InChI is InChI=1S/C20H19N5O2/c1-2-11-24-17-10-6-5-9-16(17)22-20(24)23-18(26)13-25-19(27)15-8-4-3-7-14(15)12-21-25/h3-10,12H,2,11,13H2,1H3,(H,22,23,26). The first-order valence-electron chi connectivity index (χ1n) is 8.87. The minimum atomic E-state index is -0.340. The van der Waals surface area contributed by atoms with E-state index in [-0.39, 0.29) is 18.0 Å². The summed E-state index contributed by atoms with van der Waals surface area (Å²) in [4.78, 5) is 29.6. The Bertz CT molecular complexity index is 1190. The van der Waals surface area contributed by atoms with Gasteiger partial charge in [-0.3, -0.25) is 14.9 Å². The van der Waals surface area contributed by atoms with E-state index in [9.17, 15) is 9.59 Å². The average molecular weight is 361 g/mol. The van der Waals surface area contributed by atoms with Crippen molar-refractivity contribution >= 4 is 33.7 Å². The van der Waals surface area contributed by atoms with Gasteiger partial charge in [-0.05, 0) is 24.6 Å². The van der Waals surface area contributed by atoms with E-state index in [4.69, 9.17) is 0 Å². The molecule has 0 fully saturated rings. The fraction of sp³-hybridized carbons (Fsp3) is 0.200. The largest absolute Gasteiger partial charge is 0.310 e. The fourth-order valence-electron chi connectivity index (χ4n) is 3.16. The molecule has 1 amide bonds. The van der Waals surface area contributed by atoms with Gasteiger partial charge in [-0.1, -0.05) is 37.3 Å². The van der Waals surface area contributed by atoms with Crippen molar-refractivity contribution < 1.29 is 4.79 Å². The average Bonchev–Trinajstić information content (AvgIpc) is 3.02. The zero-order valence-corrected chi connectivity index (χ0v) is 14.9. The predicted molar refractivity (Wildman–Crippen MR) is 105 cm³/mol. The van der Waals surface area contributed by atoms with Crippen molar-refractivity contribution in [3.8, 4) is 0 Å². The molecular weight excluding hydrogens is 342 g/mol. The molecule has 2 heterocycles. The molecule has 0 bridgehead atoms. The number of fused-ring (bicyclic) bond motifs is 2. The summed E-state index contributed by atoms with van der Waals surface area (Å²) < 4.78 is 3.15. The number of nitrogens with zero attached hydrogens (tertiary/aromatic N) is 4. The fourth-order valence-corrected chi connectivity index (χ4v) is 3.16. The molecule has 27 heavy (non-hydrogen) atoms. The summed E-state index contributed by atoms with van der Waals surface area (Å²) in [5.41, 5.74) is 1.50. The number of imidazole rings is 1. The number of aromatic nitrogens is 4. The third-order valence-corrected chi connectivity index (χ3v) is 4.41. The molecule has 0 spiro atoms. The van der Waals surface area contributed by atoms with Gasteiger partial charge in [0.15, 0.2) is 0 Å². The Morgan fingerprint density at radius 2 is 1.89 bits per heavy atom. The van der Waals surface area contributed by atoms with Crippen molar-refractivity contribution in [3.05, 3.63) is 65.1 Å². The number of anilines is 1. The Hall–Kier alpha value is -3.48. The van der Waals surface area contributed by atoms with Crippen LogP contribution < -0.4 is 10.9 Å². The minimum absolute atomic E-state index is 0.168. The van der Waals surface area contributed by atoms with Crippen molar-refractivity contribution in [2.75, 3.05) is 5.32 Å². The van der Waals surface area contributed by atoms with Gasteiger partial charge in [-0.2, -0.15) is 5.10 Å². The number of nitrogens with one attached hydrogen (secondary N) is 1. The van der Waals surface area contributed by atoms with E-state index in [1.807, 2.05) is 41.0 Å². The molecule has 0 aliphatic heterocycles. The van der Waals surface area contributed by atoms with Gasteiger partial charge < -0.3 is 4.57 Å². The molecule has 4 rings (SSSR count). The van der Waals surface area contributed by atoms with E-state index < -0.39 is 0 Å². The highest BCUT2D eigenvalue weighted by Crippen LogP contribution is 2.20. The predicted octanol–water partition coefficient (Wildman–Crippen LogP) is 2.79. The molecule has 136 valence electrons. The van der Waals surface area contributed by atoms with Gasteiger partial charge in [0.25, 0.3) is 5.56 Å². The summed E-state index contributed by atoms with van der Waals surface area (Å²) in [5.74, 6) is 0.143. The van der Waals surface area contributed by atoms with Crippen LogP contribution in [0.3, 0.4) is 0 Å². The second-order valence-electron chi connectivity index (χ2n) is 6.32. The van der Waals surface area contributed by atoms with Crippen LogP contribution in [0, 0.1) is 0 Å². The van der Waals surface area contributed by atoms with Crippen LogP contribution in [0.5, 0.6) is 0 Å². The van der Waals surface area contributed by atoms with Crippen molar-refractivity contribution in [1.29, 1.82) is 0 Å². The smallest absolute Gasteiger partial charge is 0.275 e. The monoisotopic (exact) mass is 361 g/mol. The molecule has 2 aromatic heterocycles. The first-order chi connectivity index (χ1) is 13.2. The number of hydrogen-bond donors (Lipinski definition) is 1. The normalized spacial score (nSPS) is 11.1. The lowest BCUT2D eigenvalue weighted by molar-refractivity contribution is -0.117. The van der Waals surface area contributed by atoms with E-state index in [2.05, 4.69) is 22.3 Å². The lowest BCUT2D eigenvalue weighted by Crippen LogP contribution is -2.30. The van der Waals surface area contributed by atoms with Crippen LogP contribution in [-0.2, 0) is 17.9 Å². The third kappa shape index (κ3) is 3.19. The summed E-state index contributed by atoms with van der Waals surface area (Å²) in [6, 6.07) is 14.9. The topological polar surface area (TPSA) is 81.8 Å². The number of amides is 1. The third-order valence-electron chi connectivity index (χ3n) is 4.41. The lowest BCUT2D eigenvalue weighted by Gasteiger charge is -2.10. The quantitative estimate of drug-likeness (QED) is 0.593. The molecular formula is C20H19N5O2. The number of carbonyl (C=O) groups excluding carboxylic acids is 1. The number of benzene rings is 2. The molecule has 0 aliphatic rings. The number of aryl methyl sites for hydroxylation is 1. The Balaban J connectivity index is 1.62. The van der Waals surface area contributed by atoms with E-state index in [0.717, 1.165) is 29.4 Å². The number of rotatable bonds is 5. The maximum atomic E-state index is 12.5. The molecule has 0 atom stereocenters. The maximum absolute atomic E-state index is 12.5. The summed E-state index contributed by atoms with van der Waals surface area (Å²) in [6.45, 7) is 2.64. The Kier molecular flexibility index (Phi) is 4.42. The van der Waals surface area contributed by atoms with Gasteiger partial charge in [-0.25, -0.2) is 9.67 Å². The van der Waals surface area contributed by atoms with Crippen LogP contribution >= 0.6 is 0 Å². The number of carbonyl (C=O) groups is 1. The summed E-state index contributed by atoms with van der Waals surface area (Å²) in [5, 5.41) is 8.22. The SMILES string of the molecule is CCCn1c(NC(=O)Cn2ncc3ccccc3c2=O)nc2ccccc21. The van der Waals surface area contributed by atoms with Crippen LogP contribution in [0.15, 0.2) is 59.5 Å². The number of hydrogen-bond acceptors (Lipinski definition) is 4. The van der Waals surface area contributed by atoms with Crippen LogP contribution in [0.25, 0.3) is 21.8 Å². The second-order valence-corrected chi connectivity index (χ2v) is 6.32. The Labute approximate surface area is 155 Å². The zero-order chi connectivity index (χ0) is 18.8. The van der Waals surface area contributed by atoms with E-state index in [1.54, 1.807) is 18.3 Å². The summed E-state index contributed by atoms with van der Waals surface area (Å²) in [7, 11) is 0. The van der Waals surface area contributed by atoms with Crippen LogP contribution in [0.1, 0.15) is 13.3 Å².